The number of pyridine rings is 1. The fraction of sp³-hybridized carbons (Fsp3) is 0.526. The van der Waals surface area contributed by atoms with Crippen LogP contribution in [0, 0.1) is 18.8 Å². The van der Waals surface area contributed by atoms with E-state index < -0.39 is 6.61 Å². The summed E-state index contributed by atoms with van der Waals surface area (Å²) in [5, 5.41) is 0.892. The number of piperidine rings is 1. The molecule has 0 bridgehead atoms. The summed E-state index contributed by atoms with van der Waals surface area (Å²) >= 11 is 0. The molecule has 2 heterocycles. The Morgan fingerprint density at radius 2 is 1.79 bits per heavy atom. The Bertz CT molecular complexity index is 737. The van der Waals surface area contributed by atoms with Gasteiger partial charge >= 0.3 is 6.61 Å². The quantitative estimate of drug-likeness (QED) is 0.806. The van der Waals surface area contributed by atoms with Gasteiger partial charge in [-0.3, -0.25) is 4.98 Å². The van der Waals surface area contributed by atoms with Crippen LogP contribution >= 0.6 is 0 Å². The molecule has 5 heteroatoms. The minimum atomic E-state index is -2.81. The minimum absolute atomic E-state index is 0.192. The highest BCUT2D eigenvalue weighted by atomic mass is 19.3. The lowest BCUT2D eigenvalue weighted by molar-refractivity contribution is -0.0497. The van der Waals surface area contributed by atoms with Gasteiger partial charge in [-0.2, -0.15) is 8.78 Å². The number of anilines is 1. The van der Waals surface area contributed by atoms with Crippen LogP contribution < -0.4 is 9.64 Å². The summed E-state index contributed by atoms with van der Waals surface area (Å²) in [6, 6.07) is 7.08. The molecule has 0 radical (unpaired) electrons. The summed E-state index contributed by atoms with van der Waals surface area (Å²) in [7, 11) is 0. The maximum atomic E-state index is 12.5. The number of hydrogen-bond acceptors (Lipinski definition) is 3. The molecule has 128 valence electrons. The van der Waals surface area contributed by atoms with Gasteiger partial charge in [0.05, 0.1) is 5.52 Å². The van der Waals surface area contributed by atoms with E-state index in [4.69, 9.17) is 0 Å². The third-order valence-corrected chi connectivity index (χ3v) is 5.28. The molecule has 1 aliphatic heterocycles. The zero-order valence-electron chi connectivity index (χ0n) is 13.8. The highest BCUT2D eigenvalue weighted by molar-refractivity contribution is 5.93. The van der Waals surface area contributed by atoms with Gasteiger partial charge in [-0.05, 0) is 68.7 Å². The molecule has 1 saturated carbocycles. The van der Waals surface area contributed by atoms with Gasteiger partial charge in [0, 0.05) is 29.9 Å². The van der Waals surface area contributed by atoms with E-state index in [0.717, 1.165) is 47.2 Å². The Balaban J connectivity index is 1.65. The molecule has 0 atom stereocenters. The lowest BCUT2D eigenvalue weighted by atomic mass is 9.91. The molecule has 0 spiro atoms. The Labute approximate surface area is 140 Å². The standard InChI is InChI=1S/C19H22F2N2O/c1-12-10-18(23-8-6-14(7-9-23)13-2-3-13)16-11-15(24-19(20)21)4-5-17(16)22-12/h4-5,10-11,13-14,19H,2-3,6-9H2,1H3. The fourth-order valence-electron chi connectivity index (χ4n) is 3.93. The number of alkyl halides is 2. The zero-order valence-corrected chi connectivity index (χ0v) is 13.8. The van der Waals surface area contributed by atoms with Crippen LogP contribution in [0.2, 0.25) is 0 Å². The second-order valence-corrected chi connectivity index (χ2v) is 7.00. The van der Waals surface area contributed by atoms with Crippen LogP contribution in [0.4, 0.5) is 14.5 Å². The number of nitrogens with zero attached hydrogens (tertiary/aromatic N) is 2. The topological polar surface area (TPSA) is 25.4 Å². The number of halogens is 2. The highest BCUT2D eigenvalue weighted by Gasteiger charge is 2.33. The maximum absolute atomic E-state index is 12.5. The van der Waals surface area contributed by atoms with Crippen molar-refractivity contribution in [1.29, 1.82) is 0 Å². The predicted octanol–water partition coefficient (Wildman–Crippen LogP) is 4.77. The van der Waals surface area contributed by atoms with Crippen LogP contribution in [-0.2, 0) is 0 Å². The molecule has 3 nitrogen and oxygen atoms in total. The van der Waals surface area contributed by atoms with Crippen molar-refractivity contribution in [3.63, 3.8) is 0 Å². The van der Waals surface area contributed by atoms with E-state index in [9.17, 15) is 8.78 Å². The summed E-state index contributed by atoms with van der Waals surface area (Å²) in [4.78, 5) is 6.91. The van der Waals surface area contributed by atoms with E-state index >= 15 is 0 Å². The second-order valence-electron chi connectivity index (χ2n) is 7.00. The molecular formula is C19H22F2N2O. The first kappa shape index (κ1) is 15.6. The molecule has 1 aromatic heterocycles. The lowest BCUT2D eigenvalue weighted by Crippen LogP contribution is -2.34. The van der Waals surface area contributed by atoms with Crippen molar-refractivity contribution in [3.05, 3.63) is 30.0 Å². The van der Waals surface area contributed by atoms with E-state index in [1.807, 2.05) is 6.92 Å². The fourth-order valence-corrected chi connectivity index (χ4v) is 3.93. The summed E-state index contributed by atoms with van der Waals surface area (Å²) < 4.78 is 29.6. The van der Waals surface area contributed by atoms with Gasteiger partial charge in [-0.1, -0.05) is 0 Å². The summed E-state index contributed by atoms with van der Waals surface area (Å²) in [6.07, 6.45) is 5.24. The van der Waals surface area contributed by atoms with Crippen LogP contribution in [0.3, 0.4) is 0 Å². The lowest BCUT2D eigenvalue weighted by Gasteiger charge is -2.34. The third-order valence-electron chi connectivity index (χ3n) is 5.28. The van der Waals surface area contributed by atoms with E-state index in [1.165, 1.54) is 25.7 Å². The smallest absolute Gasteiger partial charge is 0.387 e. The largest absolute Gasteiger partial charge is 0.435 e. The maximum Gasteiger partial charge on any atom is 0.387 e. The number of hydrogen-bond donors (Lipinski definition) is 0. The molecule has 2 fully saturated rings. The Morgan fingerprint density at radius 1 is 1.08 bits per heavy atom. The van der Waals surface area contributed by atoms with Gasteiger partial charge < -0.3 is 9.64 Å². The summed E-state index contributed by atoms with van der Waals surface area (Å²) in [5.74, 6) is 2.01. The molecule has 2 aromatic rings. The van der Waals surface area contributed by atoms with Gasteiger partial charge in [0.1, 0.15) is 5.75 Å². The number of aryl methyl sites for hydroxylation is 1. The normalized spacial score (nSPS) is 19.2. The van der Waals surface area contributed by atoms with Crippen LogP contribution in [0.25, 0.3) is 10.9 Å². The van der Waals surface area contributed by atoms with Crippen LogP contribution in [0.15, 0.2) is 24.3 Å². The number of fused-ring (bicyclic) bond motifs is 1. The molecule has 2 aliphatic rings. The van der Waals surface area contributed by atoms with Gasteiger partial charge in [0.25, 0.3) is 0 Å². The number of aromatic nitrogens is 1. The van der Waals surface area contributed by atoms with Crippen molar-refractivity contribution in [3.8, 4) is 5.75 Å². The molecular weight excluding hydrogens is 310 g/mol. The van der Waals surface area contributed by atoms with Gasteiger partial charge in [0.15, 0.2) is 0 Å². The van der Waals surface area contributed by atoms with E-state index in [-0.39, 0.29) is 5.75 Å². The average Bonchev–Trinajstić information content (AvgIpc) is 3.39. The zero-order chi connectivity index (χ0) is 16.7. The van der Waals surface area contributed by atoms with Crippen LogP contribution in [0.1, 0.15) is 31.4 Å². The molecule has 1 aliphatic carbocycles. The molecule has 1 saturated heterocycles. The number of benzene rings is 1. The Hall–Kier alpha value is -1.91. The Morgan fingerprint density at radius 3 is 2.46 bits per heavy atom. The number of rotatable bonds is 4. The average molecular weight is 332 g/mol. The van der Waals surface area contributed by atoms with Crippen LogP contribution in [-0.4, -0.2) is 24.7 Å². The molecule has 24 heavy (non-hydrogen) atoms. The van der Waals surface area contributed by atoms with Crippen molar-refractivity contribution in [2.45, 2.75) is 39.2 Å². The van der Waals surface area contributed by atoms with Crippen LogP contribution in [0.5, 0.6) is 5.75 Å². The monoisotopic (exact) mass is 332 g/mol. The third kappa shape index (κ3) is 3.17. The summed E-state index contributed by atoms with van der Waals surface area (Å²) in [6.45, 7) is 1.22. The summed E-state index contributed by atoms with van der Waals surface area (Å²) in [5.41, 5.74) is 2.87. The van der Waals surface area contributed by atoms with E-state index in [0.29, 0.717) is 0 Å². The number of ether oxygens (including phenoxy) is 1. The molecule has 0 N–H and O–H groups in total. The van der Waals surface area contributed by atoms with Crippen molar-refractivity contribution >= 4 is 16.6 Å². The van der Waals surface area contributed by atoms with Gasteiger partial charge in [-0.15, -0.1) is 0 Å². The second kappa shape index (κ2) is 6.19. The van der Waals surface area contributed by atoms with Crippen molar-refractivity contribution in [1.82, 2.24) is 4.98 Å². The van der Waals surface area contributed by atoms with Crippen molar-refractivity contribution in [2.75, 3.05) is 18.0 Å². The first-order valence-electron chi connectivity index (χ1n) is 8.71. The SMILES string of the molecule is Cc1cc(N2CCC(C3CC3)CC2)c2cc(OC(F)F)ccc2n1. The van der Waals surface area contributed by atoms with E-state index in [2.05, 4.69) is 20.7 Å². The highest BCUT2D eigenvalue weighted by Crippen LogP contribution is 2.43. The van der Waals surface area contributed by atoms with E-state index in [1.54, 1.807) is 18.2 Å². The molecule has 1 aromatic carbocycles. The van der Waals surface area contributed by atoms with Gasteiger partial charge in [-0.25, -0.2) is 0 Å². The molecule has 0 unspecified atom stereocenters. The predicted molar refractivity (Wildman–Crippen MR) is 90.8 cm³/mol. The Kier molecular flexibility index (Phi) is 4.02. The first-order valence-corrected chi connectivity index (χ1v) is 8.71. The van der Waals surface area contributed by atoms with Crippen molar-refractivity contribution < 1.29 is 13.5 Å². The minimum Gasteiger partial charge on any atom is -0.435 e. The molecule has 4 rings (SSSR count). The van der Waals surface area contributed by atoms with Gasteiger partial charge in [0.2, 0.25) is 0 Å². The van der Waals surface area contributed by atoms with Crippen molar-refractivity contribution in [2.24, 2.45) is 11.8 Å². The first-order chi connectivity index (χ1) is 11.6. The molecule has 0 amide bonds.